The minimum absolute atomic E-state index is 0.0658. The Morgan fingerprint density at radius 2 is 2.06 bits per heavy atom. The number of aliphatic hydroxyl groups excluding tert-OH is 2. The predicted octanol–water partition coefficient (Wildman–Crippen LogP) is 0.493. The highest BCUT2D eigenvalue weighted by molar-refractivity contribution is 5.89. The van der Waals surface area contributed by atoms with Gasteiger partial charge in [0, 0.05) is 0 Å². The van der Waals surface area contributed by atoms with Crippen LogP contribution in [0.25, 0.3) is 5.52 Å². The third-order valence-electron chi connectivity index (χ3n) is 5.47. The average molecular weight is 425 g/mol. The number of rotatable bonds is 6. The van der Waals surface area contributed by atoms with Crippen molar-refractivity contribution in [2.45, 2.75) is 30.8 Å². The fourth-order valence-electron chi connectivity index (χ4n) is 3.82. The van der Waals surface area contributed by atoms with E-state index in [1.54, 1.807) is 36.4 Å². The molecule has 4 rings (SSSR count). The molecule has 162 valence electrons. The van der Waals surface area contributed by atoms with E-state index in [2.05, 4.69) is 21.8 Å². The topological polar surface area (TPSA) is 145 Å². The Labute approximate surface area is 178 Å². The molecule has 10 heteroatoms. The van der Waals surface area contributed by atoms with Gasteiger partial charge in [-0.1, -0.05) is 17.7 Å². The van der Waals surface area contributed by atoms with Crippen molar-refractivity contribution in [3.8, 4) is 0 Å². The molecule has 2 aromatic heterocycles. The number of aliphatic imine (C=N–C) groups is 1. The summed E-state index contributed by atoms with van der Waals surface area (Å²) < 4.78 is 12.9. The Hall–Kier alpha value is -3.34. The zero-order valence-electron chi connectivity index (χ0n) is 16.9. The molecule has 0 radical (unpaired) electrons. The summed E-state index contributed by atoms with van der Waals surface area (Å²) in [6, 6.07) is 10.3. The third-order valence-corrected chi connectivity index (χ3v) is 5.47. The highest BCUT2D eigenvalue weighted by atomic mass is 16.6. The lowest BCUT2D eigenvalue weighted by atomic mass is 9.91. The molecule has 10 nitrogen and oxygen atoms in total. The van der Waals surface area contributed by atoms with E-state index in [0.29, 0.717) is 16.8 Å². The number of hydrogen-bond acceptors (Lipinski definition) is 9. The van der Waals surface area contributed by atoms with Gasteiger partial charge in [-0.3, -0.25) is 4.99 Å². The van der Waals surface area contributed by atoms with Crippen LogP contribution in [0.2, 0.25) is 0 Å². The Morgan fingerprint density at radius 3 is 2.77 bits per heavy atom. The van der Waals surface area contributed by atoms with E-state index < -0.39 is 29.9 Å². The molecule has 31 heavy (non-hydrogen) atoms. The summed E-state index contributed by atoms with van der Waals surface area (Å²) >= 11 is 0. The molecule has 1 aromatic carbocycles. The second-order valence-corrected chi connectivity index (χ2v) is 7.49. The van der Waals surface area contributed by atoms with Crippen LogP contribution in [0.3, 0.4) is 0 Å². The maximum absolute atomic E-state index is 12.3. The quantitative estimate of drug-likeness (QED) is 0.382. The normalized spacial score (nSPS) is 25.6. The summed E-state index contributed by atoms with van der Waals surface area (Å²) in [4.78, 5) is 20.2. The number of aryl methyl sites for hydroxylation is 1. The number of nitrogens with zero attached hydrogens (tertiary/aromatic N) is 4. The molecule has 0 unspecified atom stereocenters. The van der Waals surface area contributed by atoms with Gasteiger partial charge in [0.05, 0.1) is 17.8 Å². The van der Waals surface area contributed by atoms with Crippen LogP contribution in [0.5, 0.6) is 0 Å². The zero-order chi connectivity index (χ0) is 22.2. The van der Waals surface area contributed by atoms with Crippen molar-refractivity contribution < 1.29 is 24.5 Å². The third kappa shape index (κ3) is 3.54. The SMILES string of the molecule is C=NC[C@@]1(c2ccc3c(N)ncnn23)O[C@H](COC(=O)c2ccc(C)cc2)[C@@H](O)[C@H]1O. The minimum atomic E-state index is -1.46. The number of nitrogens with two attached hydrogens (primary N) is 1. The summed E-state index contributed by atoms with van der Waals surface area (Å²) in [6.45, 7) is 5.09. The molecule has 0 amide bonds. The first kappa shape index (κ1) is 20.9. The number of aromatic nitrogens is 3. The maximum atomic E-state index is 12.3. The molecular weight excluding hydrogens is 402 g/mol. The number of aliphatic hydroxyl groups is 2. The van der Waals surface area contributed by atoms with Gasteiger partial charge in [0.15, 0.2) is 11.4 Å². The van der Waals surface area contributed by atoms with Crippen molar-refractivity contribution >= 4 is 24.0 Å². The van der Waals surface area contributed by atoms with Crippen LogP contribution in [0.4, 0.5) is 5.82 Å². The van der Waals surface area contributed by atoms with E-state index in [1.165, 1.54) is 10.8 Å². The molecule has 4 atom stereocenters. The van der Waals surface area contributed by atoms with Gasteiger partial charge >= 0.3 is 5.97 Å². The van der Waals surface area contributed by atoms with Crippen LogP contribution in [-0.4, -0.2) is 69.0 Å². The zero-order valence-corrected chi connectivity index (χ0v) is 16.9. The van der Waals surface area contributed by atoms with Gasteiger partial charge in [0.25, 0.3) is 0 Å². The summed E-state index contributed by atoms with van der Waals surface area (Å²) in [5.74, 6) is -0.308. The van der Waals surface area contributed by atoms with E-state index >= 15 is 0 Å². The molecule has 0 saturated carbocycles. The van der Waals surface area contributed by atoms with Gasteiger partial charge in [-0.2, -0.15) is 5.10 Å². The molecule has 0 bridgehead atoms. The lowest BCUT2D eigenvalue weighted by molar-refractivity contribution is -0.0964. The van der Waals surface area contributed by atoms with Crippen molar-refractivity contribution in [3.63, 3.8) is 0 Å². The average Bonchev–Trinajstić information content (AvgIpc) is 3.30. The van der Waals surface area contributed by atoms with Crippen LogP contribution in [0.15, 0.2) is 47.7 Å². The van der Waals surface area contributed by atoms with Crippen LogP contribution >= 0.6 is 0 Å². The summed E-state index contributed by atoms with van der Waals surface area (Å²) in [6.07, 6.45) is -2.43. The number of ether oxygens (including phenoxy) is 2. The molecule has 0 spiro atoms. The number of hydrogen-bond donors (Lipinski definition) is 3. The first-order valence-electron chi connectivity index (χ1n) is 9.66. The van der Waals surface area contributed by atoms with E-state index in [0.717, 1.165) is 5.56 Å². The number of fused-ring (bicyclic) bond motifs is 1. The van der Waals surface area contributed by atoms with Gasteiger partial charge < -0.3 is 25.4 Å². The molecular formula is C21H23N5O5. The lowest BCUT2D eigenvalue weighted by Crippen LogP contribution is -2.44. The Bertz CT molecular complexity index is 1120. The fourth-order valence-corrected chi connectivity index (χ4v) is 3.82. The standard InChI is InChI=1S/C21H23N5O5/c1-12-3-5-13(6-4-12)20(29)30-9-15-17(27)18(28)21(31-15,10-23-2)16-8-7-14-19(22)24-11-25-26(14)16/h3-8,11,15,17-18,27-28H,2,9-10H2,1H3,(H2,22,24,25)/t15-,17-,18-,21+/m1/s1. The Balaban J connectivity index is 1.60. The van der Waals surface area contributed by atoms with Crippen molar-refractivity contribution in [3.05, 3.63) is 59.5 Å². The van der Waals surface area contributed by atoms with Crippen molar-refractivity contribution in [2.75, 3.05) is 18.9 Å². The van der Waals surface area contributed by atoms with Crippen molar-refractivity contribution in [1.82, 2.24) is 14.6 Å². The van der Waals surface area contributed by atoms with Gasteiger partial charge in [-0.05, 0) is 37.9 Å². The fraction of sp³-hybridized carbons (Fsp3) is 0.333. The Kier molecular flexibility index (Phi) is 5.44. The van der Waals surface area contributed by atoms with E-state index in [4.69, 9.17) is 15.2 Å². The summed E-state index contributed by atoms with van der Waals surface area (Å²) in [5, 5.41) is 25.8. The van der Waals surface area contributed by atoms with E-state index in [9.17, 15) is 15.0 Å². The number of esters is 1. The smallest absolute Gasteiger partial charge is 0.338 e. The van der Waals surface area contributed by atoms with E-state index in [1.807, 2.05) is 6.92 Å². The molecule has 0 aliphatic carbocycles. The Morgan fingerprint density at radius 1 is 1.32 bits per heavy atom. The van der Waals surface area contributed by atoms with Crippen LogP contribution in [0, 0.1) is 6.92 Å². The summed E-state index contributed by atoms with van der Waals surface area (Å²) in [7, 11) is 0. The van der Waals surface area contributed by atoms with Crippen LogP contribution in [0.1, 0.15) is 21.6 Å². The predicted molar refractivity (Wildman–Crippen MR) is 112 cm³/mol. The van der Waals surface area contributed by atoms with Crippen LogP contribution < -0.4 is 5.73 Å². The molecule has 1 aliphatic heterocycles. The van der Waals surface area contributed by atoms with Gasteiger partial charge in [-0.25, -0.2) is 14.3 Å². The number of anilines is 1. The second-order valence-electron chi connectivity index (χ2n) is 7.49. The highest BCUT2D eigenvalue weighted by Gasteiger charge is 2.56. The van der Waals surface area contributed by atoms with Crippen molar-refractivity contribution in [1.29, 1.82) is 0 Å². The largest absolute Gasteiger partial charge is 0.459 e. The summed E-state index contributed by atoms with van der Waals surface area (Å²) in [5.41, 5.74) is 6.76. The number of nitrogen functional groups attached to an aromatic ring is 1. The molecule has 3 heterocycles. The number of benzene rings is 1. The minimum Gasteiger partial charge on any atom is -0.459 e. The molecule has 1 fully saturated rings. The van der Waals surface area contributed by atoms with E-state index in [-0.39, 0.29) is 19.0 Å². The first-order chi connectivity index (χ1) is 14.9. The molecule has 3 aromatic rings. The van der Waals surface area contributed by atoms with Gasteiger partial charge in [0.2, 0.25) is 0 Å². The molecule has 1 saturated heterocycles. The maximum Gasteiger partial charge on any atom is 0.338 e. The second kappa shape index (κ2) is 8.06. The molecule has 1 aliphatic rings. The van der Waals surface area contributed by atoms with Gasteiger partial charge in [0.1, 0.15) is 36.8 Å². The highest BCUT2D eigenvalue weighted by Crippen LogP contribution is 2.41. The number of carbonyl (C=O) groups is 1. The van der Waals surface area contributed by atoms with Gasteiger partial charge in [-0.15, -0.1) is 0 Å². The molecule has 4 N–H and O–H groups in total. The lowest BCUT2D eigenvalue weighted by Gasteiger charge is -2.30. The van der Waals surface area contributed by atoms with Crippen LogP contribution in [-0.2, 0) is 15.1 Å². The van der Waals surface area contributed by atoms with Crippen molar-refractivity contribution in [2.24, 2.45) is 4.99 Å². The first-order valence-corrected chi connectivity index (χ1v) is 9.66. The monoisotopic (exact) mass is 425 g/mol. The number of carbonyl (C=O) groups excluding carboxylic acids is 1.